The van der Waals surface area contributed by atoms with Gasteiger partial charge in [-0.2, -0.15) is 0 Å². The third-order valence-electron chi connectivity index (χ3n) is 2.94. The number of carbonyl (C=O) groups is 2. The van der Waals surface area contributed by atoms with Gasteiger partial charge >= 0.3 is 12.1 Å². The Labute approximate surface area is 134 Å². The minimum Gasteiger partial charge on any atom is -0.465 e. The Morgan fingerprint density at radius 3 is 2.64 bits per heavy atom. The van der Waals surface area contributed by atoms with Gasteiger partial charge in [-0.05, 0) is 32.9 Å². The van der Waals surface area contributed by atoms with Crippen LogP contribution in [-0.2, 0) is 9.47 Å². The molecule has 0 atom stereocenters. The van der Waals surface area contributed by atoms with Crippen molar-refractivity contribution in [1.29, 1.82) is 0 Å². The number of ether oxygens (including phenoxy) is 2. The van der Waals surface area contributed by atoms with Crippen LogP contribution in [0.2, 0.25) is 0 Å². The minimum atomic E-state index is -0.480. The zero-order valence-corrected chi connectivity index (χ0v) is 14.0. The largest absolute Gasteiger partial charge is 0.465 e. The van der Waals surface area contributed by atoms with Crippen LogP contribution in [0, 0.1) is 0 Å². The number of hydrogen-bond donors (Lipinski definition) is 0. The maximum Gasteiger partial charge on any atom is 0.410 e. The Kier molecular flexibility index (Phi) is 4.95. The van der Waals surface area contributed by atoms with Crippen molar-refractivity contribution in [3.63, 3.8) is 0 Å². The quantitative estimate of drug-likeness (QED) is 0.796. The Hall–Kier alpha value is -1.76. The summed E-state index contributed by atoms with van der Waals surface area (Å²) in [5.41, 5.74) is -0.00514. The van der Waals surface area contributed by atoms with Crippen molar-refractivity contribution < 1.29 is 19.1 Å². The Morgan fingerprint density at radius 1 is 1.36 bits per heavy atom. The second-order valence-corrected chi connectivity index (χ2v) is 7.32. The standard InChI is InChI=1S/C15H20N2O4S/c1-15(2,3)21-14(19)17-8-11(9-17)22-12-7-10(5-6-16-12)13(18)20-4/h5-7,11H,8-9H2,1-4H3. The number of amides is 1. The van der Waals surface area contributed by atoms with Gasteiger partial charge in [0.15, 0.2) is 0 Å². The van der Waals surface area contributed by atoms with E-state index in [1.54, 1.807) is 35.0 Å². The van der Waals surface area contributed by atoms with Crippen molar-refractivity contribution >= 4 is 23.8 Å². The summed E-state index contributed by atoms with van der Waals surface area (Å²) in [7, 11) is 1.35. The molecular formula is C15H20N2O4S. The number of pyridine rings is 1. The normalized spacial score (nSPS) is 15.2. The van der Waals surface area contributed by atoms with Crippen LogP contribution in [0.4, 0.5) is 4.79 Å². The second kappa shape index (κ2) is 6.56. The number of rotatable bonds is 3. The molecule has 120 valence electrons. The van der Waals surface area contributed by atoms with Crippen LogP contribution in [-0.4, -0.2) is 53.0 Å². The molecule has 2 heterocycles. The lowest BCUT2D eigenvalue weighted by atomic mass is 10.2. The average Bonchev–Trinajstić information content (AvgIpc) is 2.39. The molecule has 0 spiro atoms. The van der Waals surface area contributed by atoms with E-state index in [0.29, 0.717) is 18.7 Å². The van der Waals surface area contributed by atoms with Gasteiger partial charge in [0.2, 0.25) is 0 Å². The number of aromatic nitrogens is 1. The highest BCUT2D eigenvalue weighted by Crippen LogP contribution is 2.29. The number of likely N-dealkylation sites (tertiary alicyclic amines) is 1. The summed E-state index contributed by atoms with van der Waals surface area (Å²) in [6, 6.07) is 3.32. The first-order valence-corrected chi connectivity index (χ1v) is 7.85. The van der Waals surface area contributed by atoms with Crippen LogP contribution in [0.15, 0.2) is 23.4 Å². The lowest BCUT2D eigenvalue weighted by molar-refractivity contribution is 0.0143. The monoisotopic (exact) mass is 324 g/mol. The van der Waals surface area contributed by atoms with Crippen LogP contribution < -0.4 is 0 Å². The van der Waals surface area contributed by atoms with E-state index < -0.39 is 5.60 Å². The third kappa shape index (κ3) is 4.37. The van der Waals surface area contributed by atoms with Gasteiger partial charge in [-0.15, -0.1) is 0 Å². The smallest absolute Gasteiger partial charge is 0.410 e. The molecule has 0 radical (unpaired) electrons. The molecule has 0 aliphatic carbocycles. The molecule has 2 rings (SSSR count). The number of esters is 1. The van der Waals surface area contributed by atoms with Gasteiger partial charge in [0, 0.05) is 24.5 Å². The SMILES string of the molecule is COC(=O)c1ccnc(SC2CN(C(=O)OC(C)(C)C)C2)c1. The van der Waals surface area contributed by atoms with Crippen LogP contribution >= 0.6 is 11.8 Å². The zero-order valence-electron chi connectivity index (χ0n) is 13.2. The van der Waals surface area contributed by atoms with E-state index in [4.69, 9.17) is 4.74 Å². The van der Waals surface area contributed by atoms with Crippen molar-refractivity contribution in [3.05, 3.63) is 23.9 Å². The number of methoxy groups -OCH3 is 1. The molecule has 7 heteroatoms. The topological polar surface area (TPSA) is 68.7 Å². The molecule has 22 heavy (non-hydrogen) atoms. The molecule has 1 aromatic heterocycles. The molecule has 0 saturated carbocycles. The van der Waals surface area contributed by atoms with Gasteiger partial charge in [0.05, 0.1) is 17.7 Å². The van der Waals surface area contributed by atoms with Gasteiger partial charge < -0.3 is 14.4 Å². The highest BCUT2D eigenvalue weighted by molar-refractivity contribution is 8.00. The van der Waals surface area contributed by atoms with Crippen LogP contribution in [0.25, 0.3) is 0 Å². The van der Waals surface area contributed by atoms with E-state index in [1.807, 2.05) is 20.8 Å². The van der Waals surface area contributed by atoms with Crippen LogP contribution in [0.5, 0.6) is 0 Å². The lowest BCUT2D eigenvalue weighted by Crippen LogP contribution is -2.53. The molecule has 1 amide bonds. The number of carbonyl (C=O) groups excluding carboxylic acids is 2. The molecule has 1 fully saturated rings. The number of hydrogen-bond acceptors (Lipinski definition) is 6. The van der Waals surface area contributed by atoms with Gasteiger partial charge in [-0.1, -0.05) is 11.8 Å². The van der Waals surface area contributed by atoms with Crippen LogP contribution in [0.1, 0.15) is 31.1 Å². The predicted octanol–water partition coefficient (Wildman–Crippen LogP) is 2.58. The fourth-order valence-corrected chi connectivity index (χ4v) is 3.04. The average molecular weight is 324 g/mol. The van der Waals surface area contributed by atoms with Gasteiger partial charge in [-0.25, -0.2) is 14.6 Å². The van der Waals surface area contributed by atoms with E-state index in [-0.39, 0.29) is 17.3 Å². The fourth-order valence-electron chi connectivity index (χ4n) is 1.88. The maximum absolute atomic E-state index is 11.8. The molecular weight excluding hydrogens is 304 g/mol. The van der Waals surface area contributed by atoms with Crippen molar-refractivity contribution in [3.8, 4) is 0 Å². The first kappa shape index (κ1) is 16.6. The number of nitrogens with zero attached hydrogens (tertiary/aromatic N) is 2. The molecule has 1 aliphatic rings. The van der Waals surface area contributed by atoms with E-state index >= 15 is 0 Å². The van der Waals surface area contributed by atoms with E-state index in [2.05, 4.69) is 9.72 Å². The van der Waals surface area contributed by atoms with Crippen LogP contribution in [0.3, 0.4) is 0 Å². The molecule has 6 nitrogen and oxygen atoms in total. The second-order valence-electron chi connectivity index (χ2n) is 6.00. The fraction of sp³-hybridized carbons (Fsp3) is 0.533. The first-order chi connectivity index (χ1) is 10.3. The van der Waals surface area contributed by atoms with Gasteiger partial charge in [0.1, 0.15) is 5.60 Å². The molecule has 0 N–H and O–H groups in total. The van der Waals surface area contributed by atoms with E-state index in [1.165, 1.54) is 7.11 Å². The Morgan fingerprint density at radius 2 is 2.05 bits per heavy atom. The number of thioether (sulfide) groups is 1. The van der Waals surface area contributed by atoms with E-state index in [9.17, 15) is 9.59 Å². The van der Waals surface area contributed by atoms with Crippen molar-refractivity contribution in [2.75, 3.05) is 20.2 Å². The Bertz CT molecular complexity index is 565. The summed E-state index contributed by atoms with van der Waals surface area (Å²) >= 11 is 1.54. The third-order valence-corrected chi connectivity index (χ3v) is 4.04. The summed E-state index contributed by atoms with van der Waals surface area (Å²) < 4.78 is 9.99. The van der Waals surface area contributed by atoms with E-state index in [0.717, 1.165) is 5.03 Å². The maximum atomic E-state index is 11.8. The highest BCUT2D eigenvalue weighted by atomic mass is 32.2. The predicted molar refractivity (Wildman–Crippen MR) is 83.0 cm³/mol. The summed E-state index contributed by atoms with van der Waals surface area (Å²) in [4.78, 5) is 29.2. The molecule has 0 bridgehead atoms. The van der Waals surface area contributed by atoms with Crippen molar-refractivity contribution in [2.24, 2.45) is 0 Å². The van der Waals surface area contributed by atoms with Crippen molar-refractivity contribution in [2.45, 2.75) is 36.6 Å². The first-order valence-electron chi connectivity index (χ1n) is 6.97. The molecule has 0 aromatic carbocycles. The molecule has 0 unspecified atom stereocenters. The summed E-state index contributed by atoms with van der Waals surface area (Å²) in [6.07, 6.45) is 1.29. The van der Waals surface area contributed by atoms with Gasteiger partial charge in [-0.3, -0.25) is 0 Å². The minimum absolute atomic E-state index is 0.257. The zero-order chi connectivity index (χ0) is 16.3. The summed E-state index contributed by atoms with van der Waals surface area (Å²) in [5.74, 6) is -0.381. The summed E-state index contributed by atoms with van der Waals surface area (Å²) in [5, 5.41) is 1.00. The van der Waals surface area contributed by atoms with Crippen molar-refractivity contribution in [1.82, 2.24) is 9.88 Å². The lowest BCUT2D eigenvalue weighted by Gasteiger charge is -2.39. The van der Waals surface area contributed by atoms with Gasteiger partial charge in [0.25, 0.3) is 0 Å². The molecule has 1 saturated heterocycles. The summed E-state index contributed by atoms with van der Waals surface area (Å²) in [6.45, 7) is 6.77. The molecule has 1 aliphatic heterocycles. The highest BCUT2D eigenvalue weighted by Gasteiger charge is 2.34. The molecule has 1 aromatic rings. The Balaban J connectivity index is 1.85.